The molecule has 106 heavy (non-hydrogen) atoms. The molecule has 10 rings (SSSR count). The van der Waals surface area contributed by atoms with E-state index in [1.54, 1.807) is 0 Å². The van der Waals surface area contributed by atoms with Crippen LogP contribution >= 0.6 is 0 Å². The third kappa shape index (κ3) is 29.6. The van der Waals surface area contributed by atoms with Crippen LogP contribution in [0.5, 0.6) is 0 Å². The monoisotopic (exact) mass is 1500 g/mol. The summed E-state index contributed by atoms with van der Waals surface area (Å²) in [5.74, 6) is -0.114. The van der Waals surface area contributed by atoms with Crippen molar-refractivity contribution >= 4 is 35.8 Å². The molecule has 18 atom stereocenters. The Kier molecular flexibility index (Phi) is 40.9. The highest BCUT2D eigenvalue weighted by atomic mass is 16.6. The van der Waals surface area contributed by atoms with Gasteiger partial charge in [0.1, 0.15) is 34.6 Å². The lowest BCUT2D eigenvalue weighted by atomic mass is 9.93. The van der Waals surface area contributed by atoms with Crippen molar-refractivity contribution in [3.63, 3.8) is 0 Å². The molecule has 18 heteroatoms. The zero-order valence-electron chi connectivity index (χ0n) is 70.8. The number of rotatable bonds is 26. The van der Waals surface area contributed by atoms with Gasteiger partial charge in [-0.3, -0.25) is 28.8 Å². The lowest BCUT2D eigenvalue weighted by Gasteiger charge is -2.30. The van der Waals surface area contributed by atoms with Gasteiger partial charge in [-0.2, -0.15) is 0 Å². The maximum absolute atomic E-state index is 12.5. The first-order valence-electron chi connectivity index (χ1n) is 43.7. The average Bonchev–Trinajstić information content (AvgIpc) is 1.69. The Morgan fingerprint density at radius 1 is 0.349 bits per heavy atom. The Bertz CT molecular complexity index is 2520. The Hall–Kier alpha value is -3.42. The molecule has 18 unspecified atom stereocenters. The summed E-state index contributed by atoms with van der Waals surface area (Å²) >= 11 is 0. The van der Waals surface area contributed by atoms with Crippen LogP contribution in [0.4, 0.5) is 0 Å². The van der Waals surface area contributed by atoms with Gasteiger partial charge in [0.15, 0.2) is 0 Å². The molecule has 6 aliphatic heterocycles. The Morgan fingerprint density at radius 3 is 0.991 bits per heavy atom. The maximum atomic E-state index is 12.5. The highest BCUT2D eigenvalue weighted by Crippen LogP contribution is 2.42. The van der Waals surface area contributed by atoms with Gasteiger partial charge in [-0.15, -0.1) is 0 Å². The molecular weight excluding hydrogens is 1340 g/mol. The van der Waals surface area contributed by atoms with E-state index in [4.69, 9.17) is 56.8 Å². The highest BCUT2D eigenvalue weighted by Gasteiger charge is 2.47. The zero-order valence-corrected chi connectivity index (χ0v) is 70.8. The third-order valence-corrected chi connectivity index (χ3v) is 24.8. The molecule has 0 amide bonds. The summed E-state index contributed by atoms with van der Waals surface area (Å²) in [4.78, 5) is 73.1. The van der Waals surface area contributed by atoms with E-state index in [-0.39, 0.29) is 162 Å². The van der Waals surface area contributed by atoms with Crippen LogP contribution in [-0.2, 0) is 85.6 Å². The Morgan fingerprint density at radius 2 is 0.660 bits per heavy atom. The van der Waals surface area contributed by atoms with E-state index in [2.05, 4.69) is 96.9 Å². The van der Waals surface area contributed by atoms with Crippen LogP contribution < -0.4 is 0 Å². The number of carbonyl (C=O) groups excluding carboxylic acids is 6. The molecule has 0 aromatic carbocycles. The van der Waals surface area contributed by atoms with E-state index in [1.165, 1.54) is 57.8 Å². The van der Waals surface area contributed by atoms with Crippen molar-refractivity contribution in [1.82, 2.24) is 0 Å². The lowest BCUT2D eigenvalue weighted by Crippen LogP contribution is -2.36. The Balaban J connectivity index is 0.000000228. The van der Waals surface area contributed by atoms with Crippen LogP contribution in [0.25, 0.3) is 0 Å². The van der Waals surface area contributed by atoms with Gasteiger partial charge < -0.3 is 56.8 Å². The number of hydrogen-bond donors (Lipinski definition) is 0. The smallest absolute Gasteiger partial charge is 0.312 e. The van der Waals surface area contributed by atoms with E-state index in [9.17, 15) is 28.8 Å². The zero-order chi connectivity index (χ0) is 78.4. The molecule has 10 fully saturated rings. The van der Waals surface area contributed by atoms with E-state index in [0.717, 1.165) is 180 Å². The van der Waals surface area contributed by atoms with Crippen molar-refractivity contribution < 1.29 is 85.6 Å². The maximum Gasteiger partial charge on any atom is 0.312 e. The molecule has 10 aliphatic rings. The molecule has 0 N–H and O–H groups in total. The van der Waals surface area contributed by atoms with Crippen LogP contribution in [0.1, 0.15) is 382 Å². The second kappa shape index (κ2) is 46.5. The summed E-state index contributed by atoms with van der Waals surface area (Å²) in [6, 6.07) is 0. The predicted octanol–water partition coefficient (Wildman–Crippen LogP) is 20.4. The van der Waals surface area contributed by atoms with Gasteiger partial charge in [0.25, 0.3) is 0 Å². The van der Waals surface area contributed by atoms with Crippen LogP contribution in [0, 0.1) is 35.5 Å². The normalized spacial score (nSPS) is 32.5. The summed E-state index contributed by atoms with van der Waals surface area (Å²) < 4.78 is 69.2. The minimum absolute atomic E-state index is 0.00782. The van der Waals surface area contributed by atoms with Gasteiger partial charge in [0, 0.05) is 0 Å². The summed E-state index contributed by atoms with van der Waals surface area (Å²) in [6.07, 6.45) is 40.4. The van der Waals surface area contributed by atoms with Crippen LogP contribution in [-0.4, -0.2) is 144 Å². The summed E-state index contributed by atoms with van der Waals surface area (Å²) in [5, 5.41) is 0. The fraction of sp³-hybridized carbons (Fsp3) is 0.932. The van der Waals surface area contributed by atoms with Gasteiger partial charge in [0.2, 0.25) is 0 Å². The second-order valence-electron chi connectivity index (χ2n) is 34.5. The van der Waals surface area contributed by atoms with Crippen molar-refractivity contribution in [3.8, 4) is 0 Å². The molecule has 6 heterocycles. The van der Waals surface area contributed by atoms with Gasteiger partial charge >= 0.3 is 35.8 Å². The molecular formula is C88H156O18. The molecule has 6 saturated heterocycles. The van der Waals surface area contributed by atoms with Crippen LogP contribution in [0.3, 0.4) is 0 Å². The molecule has 0 aromatic heterocycles. The largest absolute Gasteiger partial charge is 0.462 e. The molecule has 4 saturated carbocycles. The van der Waals surface area contributed by atoms with Crippen LogP contribution in [0.2, 0.25) is 0 Å². The second-order valence-corrected chi connectivity index (χ2v) is 34.5. The van der Waals surface area contributed by atoms with Gasteiger partial charge in [0.05, 0.1) is 109 Å². The van der Waals surface area contributed by atoms with Crippen molar-refractivity contribution in [2.24, 2.45) is 35.5 Å². The van der Waals surface area contributed by atoms with E-state index in [0.29, 0.717) is 18.4 Å². The summed E-state index contributed by atoms with van der Waals surface area (Å²) in [6.45, 7) is 41.1. The number of esters is 6. The fourth-order valence-corrected chi connectivity index (χ4v) is 17.5. The Labute approximate surface area is 644 Å². The first kappa shape index (κ1) is 93.2. The first-order valence-corrected chi connectivity index (χ1v) is 43.7. The van der Waals surface area contributed by atoms with Crippen molar-refractivity contribution in [3.05, 3.63) is 0 Å². The molecule has 0 bridgehead atoms. The summed E-state index contributed by atoms with van der Waals surface area (Å²) in [7, 11) is 0. The third-order valence-electron chi connectivity index (χ3n) is 24.8. The molecule has 0 spiro atoms. The minimum Gasteiger partial charge on any atom is -0.462 e. The SMILES string of the molecule is CCC1CC(C(=O)OC(C)(C)C)C(CC)O1.CCC1CC(C(=O)OC2(C)CCCC2)C(CC)O1.CCC1CC(C(=O)OC2(CC)CCCC2)C(CC)O1.CCC1CC(C(=O)OC2CCCC2)C(CC)O1.CCC1CC(C(=O)OC2CCCCC2)C(CC)O1.CCC1CC(CC(=O)OC(C)(C)CC)C(CC)O1. The number of ether oxygens (including phenoxy) is 12. The molecule has 18 nitrogen and oxygen atoms in total. The summed E-state index contributed by atoms with van der Waals surface area (Å²) in [5.41, 5.74) is -1.12. The van der Waals surface area contributed by atoms with Gasteiger partial charge in [-0.25, -0.2) is 0 Å². The number of hydrogen-bond acceptors (Lipinski definition) is 18. The van der Waals surface area contributed by atoms with Crippen LogP contribution in [0.15, 0.2) is 0 Å². The highest BCUT2D eigenvalue weighted by molar-refractivity contribution is 5.76. The van der Waals surface area contributed by atoms with Crippen molar-refractivity contribution in [2.75, 3.05) is 0 Å². The van der Waals surface area contributed by atoms with Crippen molar-refractivity contribution in [2.45, 2.75) is 490 Å². The minimum atomic E-state index is -0.403. The van der Waals surface area contributed by atoms with E-state index >= 15 is 0 Å². The standard InChI is InChI=1S/C16H28O3.2C15H26O3.C15H28O3.C14H24O3.C13H24O3/c1-4-12-11-13(14(5-2)18-12)15(17)19-16(6-3)9-7-8-10-16;1-4-11-10-12(13(5-2)17-11)14(16)18-15(3)8-6-7-9-15;1-3-11-10-13(14(4-2)17-11)15(16)18-12-8-6-5-7-9-12;1-6-12-9-11(13(7-2)17-12)10-14(16)18-15(4,5)8-3;1-3-10-9-12(13(4-2)16-10)14(15)17-11-7-5-6-8-11;1-6-9-8-10(11(7-2)15-9)12(14)16-13(3,4)5/h12-14H,4-11H2,1-3H3;11-13H,4-10H2,1-3H3;11-14H,3-10H2,1-2H3;11-13H,6-10H2,1-5H3;10-13H,3-9H2,1-2H3;9-11H,6-8H2,1-5H3. The van der Waals surface area contributed by atoms with Crippen molar-refractivity contribution in [1.29, 1.82) is 0 Å². The van der Waals surface area contributed by atoms with Gasteiger partial charge in [-0.05, 0) is 279 Å². The van der Waals surface area contributed by atoms with Gasteiger partial charge in [-0.1, -0.05) is 103 Å². The lowest BCUT2D eigenvalue weighted by molar-refractivity contribution is -0.167. The average molecular weight is 1500 g/mol. The van der Waals surface area contributed by atoms with E-state index < -0.39 is 5.60 Å². The molecule has 616 valence electrons. The molecule has 0 radical (unpaired) electrons. The van der Waals surface area contributed by atoms with E-state index in [1.807, 2.05) is 41.5 Å². The quantitative estimate of drug-likeness (QED) is 0.0581. The predicted molar refractivity (Wildman–Crippen MR) is 417 cm³/mol. The fourth-order valence-electron chi connectivity index (χ4n) is 17.5. The topological polar surface area (TPSA) is 213 Å². The number of carbonyl (C=O) groups is 6. The molecule has 0 aromatic rings. The first-order chi connectivity index (χ1) is 50.5. The molecule has 4 aliphatic carbocycles.